The lowest BCUT2D eigenvalue weighted by Crippen LogP contribution is -2.21. The van der Waals surface area contributed by atoms with Gasteiger partial charge in [-0.25, -0.2) is 9.78 Å². The van der Waals surface area contributed by atoms with Crippen molar-refractivity contribution in [1.29, 1.82) is 0 Å². The van der Waals surface area contributed by atoms with Crippen LogP contribution >= 0.6 is 15.9 Å². The van der Waals surface area contributed by atoms with Crippen LogP contribution in [0.3, 0.4) is 0 Å². The summed E-state index contributed by atoms with van der Waals surface area (Å²) >= 11 is 3.58. The number of unbranched alkanes of at least 4 members (excludes halogenated alkanes) is 2. The van der Waals surface area contributed by atoms with Crippen molar-refractivity contribution >= 4 is 21.9 Å². The molecule has 1 aromatic heterocycles. The summed E-state index contributed by atoms with van der Waals surface area (Å²) in [6.45, 7) is 3.15. The Kier molecular flexibility index (Phi) is 10.6. The molecule has 184 valence electrons. The highest BCUT2D eigenvalue weighted by molar-refractivity contribution is 9.10. The maximum Gasteiger partial charge on any atom is 0.490 e. The van der Waals surface area contributed by atoms with E-state index in [4.69, 9.17) is 19.6 Å². The van der Waals surface area contributed by atoms with E-state index in [0.29, 0.717) is 0 Å². The molecule has 1 heterocycles. The Balaban J connectivity index is 0.000000509. The van der Waals surface area contributed by atoms with Gasteiger partial charge in [-0.05, 0) is 43.0 Å². The molecule has 0 atom stereocenters. The van der Waals surface area contributed by atoms with E-state index < -0.39 is 12.1 Å². The molecule has 3 rings (SSSR count). The van der Waals surface area contributed by atoms with Crippen LogP contribution in [0.2, 0.25) is 0 Å². The first-order chi connectivity index (χ1) is 16.2. The number of hydrogen-bond donors (Lipinski definition) is 1. The second-order valence-corrected chi connectivity index (χ2v) is 8.48. The van der Waals surface area contributed by atoms with Crippen molar-refractivity contribution in [1.82, 2.24) is 9.55 Å². The molecule has 0 spiro atoms. The number of halogens is 4. The number of hydrogen-bond acceptors (Lipinski definition) is 3. The summed E-state index contributed by atoms with van der Waals surface area (Å²) in [5.41, 5.74) is 4.84. The number of imidazole rings is 1. The lowest BCUT2D eigenvalue weighted by molar-refractivity contribution is -0.192. The number of carboxylic acids is 1. The fraction of sp³-hybridized carbons (Fsp3) is 0.360. The number of carboxylic acid groups (broad SMARTS) is 1. The van der Waals surface area contributed by atoms with Crippen LogP contribution in [0.4, 0.5) is 13.2 Å². The molecule has 0 radical (unpaired) electrons. The third-order valence-electron chi connectivity index (χ3n) is 5.12. The largest absolute Gasteiger partial charge is 0.496 e. The van der Waals surface area contributed by atoms with E-state index in [1.165, 1.54) is 36.1 Å². The van der Waals surface area contributed by atoms with Crippen LogP contribution in [0.1, 0.15) is 37.4 Å². The summed E-state index contributed by atoms with van der Waals surface area (Å²) in [4.78, 5) is 13.7. The van der Waals surface area contributed by atoms with Crippen LogP contribution in [-0.4, -0.2) is 33.9 Å². The van der Waals surface area contributed by atoms with Crippen molar-refractivity contribution in [3.63, 3.8) is 0 Å². The van der Waals surface area contributed by atoms with Gasteiger partial charge in [0, 0.05) is 22.3 Å². The Hall–Kier alpha value is -2.81. The average molecular weight is 541 g/mol. The highest BCUT2D eigenvalue weighted by Crippen LogP contribution is 2.27. The summed E-state index contributed by atoms with van der Waals surface area (Å²) in [6.07, 6.45) is 2.56. The van der Waals surface area contributed by atoms with Gasteiger partial charge < -0.3 is 14.4 Å². The molecule has 5 nitrogen and oxygen atoms in total. The average Bonchev–Trinajstić information content (AvgIpc) is 3.20. The monoisotopic (exact) mass is 540 g/mol. The molecule has 9 heteroatoms. The van der Waals surface area contributed by atoms with Crippen molar-refractivity contribution in [3.05, 3.63) is 70.6 Å². The fourth-order valence-electron chi connectivity index (χ4n) is 3.43. The van der Waals surface area contributed by atoms with Crippen LogP contribution < -0.4 is 4.74 Å². The molecule has 0 amide bonds. The molecule has 34 heavy (non-hydrogen) atoms. The van der Waals surface area contributed by atoms with Crippen molar-refractivity contribution < 1.29 is 27.8 Å². The minimum Gasteiger partial charge on any atom is -0.496 e. The molecule has 0 unspecified atom stereocenters. The summed E-state index contributed by atoms with van der Waals surface area (Å²) in [5, 5.41) is 7.12. The Morgan fingerprint density at radius 3 is 2.44 bits per heavy atom. The van der Waals surface area contributed by atoms with E-state index in [1.807, 2.05) is 18.5 Å². The smallest absolute Gasteiger partial charge is 0.490 e. The number of aromatic nitrogens is 2. The van der Waals surface area contributed by atoms with Gasteiger partial charge in [-0.1, -0.05) is 66.0 Å². The number of ether oxygens (including phenoxy) is 1. The molecule has 0 saturated carbocycles. The quantitative estimate of drug-likeness (QED) is 0.299. The summed E-state index contributed by atoms with van der Waals surface area (Å²) in [6, 6.07) is 16.7. The second kappa shape index (κ2) is 13.2. The first kappa shape index (κ1) is 27.4. The second-order valence-electron chi connectivity index (χ2n) is 7.57. The first-order valence-corrected chi connectivity index (χ1v) is 11.7. The van der Waals surface area contributed by atoms with E-state index in [2.05, 4.69) is 63.8 Å². The maximum absolute atomic E-state index is 10.6. The van der Waals surface area contributed by atoms with Gasteiger partial charge in [0.25, 0.3) is 0 Å². The standard InChI is InChI=1S/C23H27BrN2O.C2HF3O2/c1-3-4-5-12-21-23(19-10-8-11-20(24)16-19)25-17-26(21)15-14-18-9-6-7-13-22(18)27-2;3-2(4,5)1(6)7/h6-11,13,16-17H,3-5,12,14-15H2,1-2H3;(H,6,7). The molecule has 3 aromatic rings. The maximum atomic E-state index is 10.6. The number of alkyl halides is 3. The van der Waals surface area contributed by atoms with Crippen molar-refractivity contribution in [2.45, 2.75) is 51.7 Å². The number of aryl methyl sites for hydroxylation is 2. The third-order valence-corrected chi connectivity index (χ3v) is 5.61. The molecule has 0 aliphatic carbocycles. The topological polar surface area (TPSA) is 64.4 Å². The zero-order valence-electron chi connectivity index (χ0n) is 19.1. The molecular formula is C25H28BrF3N2O3. The molecule has 0 aliphatic rings. The Bertz CT molecular complexity index is 1070. The van der Waals surface area contributed by atoms with E-state index in [0.717, 1.165) is 35.3 Å². The van der Waals surface area contributed by atoms with E-state index in [1.54, 1.807) is 7.11 Å². The van der Waals surface area contributed by atoms with E-state index in [9.17, 15) is 13.2 Å². The Morgan fingerprint density at radius 1 is 1.12 bits per heavy atom. The highest BCUT2D eigenvalue weighted by atomic mass is 79.9. The number of methoxy groups -OCH3 is 1. The minimum absolute atomic E-state index is 0.906. The normalized spacial score (nSPS) is 11.0. The molecule has 0 fully saturated rings. The number of carbonyl (C=O) groups is 1. The lowest BCUT2D eigenvalue weighted by atomic mass is 10.1. The Labute approximate surface area is 205 Å². The van der Waals surface area contributed by atoms with Crippen LogP contribution in [0.5, 0.6) is 5.75 Å². The van der Waals surface area contributed by atoms with Gasteiger partial charge in [-0.2, -0.15) is 13.2 Å². The minimum atomic E-state index is -5.08. The van der Waals surface area contributed by atoms with Crippen LogP contribution in [0.15, 0.2) is 59.3 Å². The number of para-hydroxylation sites is 1. The van der Waals surface area contributed by atoms with Gasteiger partial charge >= 0.3 is 12.1 Å². The van der Waals surface area contributed by atoms with Crippen molar-refractivity contribution in [2.24, 2.45) is 0 Å². The zero-order chi connectivity index (χ0) is 25.1. The van der Waals surface area contributed by atoms with Gasteiger partial charge in [0.2, 0.25) is 0 Å². The van der Waals surface area contributed by atoms with Crippen molar-refractivity contribution in [2.75, 3.05) is 7.11 Å². The van der Waals surface area contributed by atoms with Crippen molar-refractivity contribution in [3.8, 4) is 17.0 Å². The predicted octanol–water partition coefficient (Wildman–Crippen LogP) is 6.93. The fourth-order valence-corrected chi connectivity index (χ4v) is 3.83. The Morgan fingerprint density at radius 2 is 1.82 bits per heavy atom. The number of benzene rings is 2. The summed E-state index contributed by atoms with van der Waals surface area (Å²) in [7, 11) is 1.73. The predicted molar refractivity (Wildman–Crippen MR) is 129 cm³/mol. The van der Waals surface area contributed by atoms with Gasteiger partial charge in [0.15, 0.2) is 0 Å². The first-order valence-electron chi connectivity index (χ1n) is 10.9. The molecule has 0 aliphatic heterocycles. The van der Waals surface area contributed by atoms with Gasteiger partial charge in [0.05, 0.1) is 19.1 Å². The van der Waals surface area contributed by atoms with Crippen LogP contribution in [0.25, 0.3) is 11.3 Å². The summed E-state index contributed by atoms with van der Waals surface area (Å²) in [5.74, 6) is -1.80. The van der Waals surface area contributed by atoms with Crippen LogP contribution in [0, 0.1) is 0 Å². The molecule has 0 bridgehead atoms. The van der Waals surface area contributed by atoms with Gasteiger partial charge in [-0.15, -0.1) is 0 Å². The number of aliphatic carboxylic acids is 1. The van der Waals surface area contributed by atoms with E-state index in [-0.39, 0.29) is 0 Å². The molecule has 0 saturated heterocycles. The zero-order valence-corrected chi connectivity index (χ0v) is 20.7. The van der Waals surface area contributed by atoms with Gasteiger partial charge in [0.1, 0.15) is 5.75 Å². The lowest BCUT2D eigenvalue weighted by Gasteiger charge is -2.12. The van der Waals surface area contributed by atoms with E-state index >= 15 is 0 Å². The molecule has 1 N–H and O–H groups in total. The molecular weight excluding hydrogens is 513 g/mol. The highest BCUT2D eigenvalue weighted by Gasteiger charge is 2.38. The third kappa shape index (κ3) is 8.20. The molecule has 2 aromatic carbocycles. The summed E-state index contributed by atoms with van der Waals surface area (Å²) < 4.78 is 40.6. The number of nitrogens with zero attached hydrogens (tertiary/aromatic N) is 2. The van der Waals surface area contributed by atoms with Crippen LogP contribution in [-0.2, 0) is 24.2 Å². The van der Waals surface area contributed by atoms with Gasteiger partial charge in [-0.3, -0.25) is 0 Å². The SMILES string of the molecule is CCCCCc1c(-c2cccc(Br)c2)ncn1CCc1ccccc1OC.O=C(O)C(F)(F)F. The number of rotatable bonds is 9.